The van der Waals surface area contributed by atoms with Gasteiger partial charge in [0, 0.05) is 11.4 Å². The van der Waals surface area contributed by atoms with Gasteiger partial charge >= 0.3 is 0 Å². The maximum Gasteiger partial charge on any atom is 0.274 e. The first-order chi connectivity index (χ1) is 12.2. The first kappa shape index (κ1) is 16.8. The van der Waals surface area contributed by atoms with Gasteiger partial charge in [0.15, 0.2) is 0 Å². The van der Waals surface area contributed by atoms with Crippen molar-refractivity contribution in [3.63, 3.8) is 0 Å². The maximum absolute atomic E-state index is 12.2. The second-order valence-corrected chi connectivity index (χ2v) is 5.63. The smallest absolute Gasteiger partial charge is 0.274 e. The normalized spacial score (nSPS) is 10.2. The molecule has 1 heterocycles. The number of para-hydroxylation sites is 1. The number of hydrogen-bond acceptors (Lipinski definition) is 4. The van der Waals surface area contributed by atoms with Crippen LogP contribution in [0.25, 0.3) is 0 Å². The third-order valence-corrected chi connectivity index (χ3v) is 3.76. The summed E-state index contributed by atoms with van der Waals surface area (Å²) in [7, 11) is 1.57. The largest absolute Gasteiger partial charge is 0.495 e. The van der Waals surface area contributed by atoms with E-state index in [2.05, 4.69) is 15.6 Å². The molecule has 0 unspecified atom stereocenters. The summed E-state index contributed by atoms with van der Waals surface area (Å²) >= 11 is 6.11. The number of nitrogens with one attached hydrogen (secondary N) is 2. The highest BCUT2D eigenvalue weighted by Gasteiger charge is 2.08. The Hall–Kier alpha value is -3.05. The first-order valence-electron chi connectivity index (χ1n) is 7.59. The van der Waals surface area contributed by atoms with E-state index < -0.39 is 0 Å². The maximum atomic E-state index is 12.2. The summed E-state index contributed by atoms with van der Waals surface area (Å²) in [5.74, 6) is 0.350. The number of halogens is 1. The third kappa shape index (κ3) is 4.28. The number of ether oxygens (including phenoxy) is 1. The van der Waals surface area contributed by atoms with Crippen molar-refractivity contribution in [1.29, 1.82) is 0 Å². The average molecular weight is 354 g/mol. The lowest BCUT2D eigenvalue weighted by Gasteiger charge is -2.09. The SMILES string of the molecule is COc1ccc(Nc2ccc(C(=O)Nc3ccccc3)nc2)cc1Cl. The quantitative estimate of drug-likeness (QED) is 0.695. The molecule has 0 spiro atoms. The van der Waals surface area contributed by atoms with Crippen molar-refractivity contribution in [2.24, 2.45) is 0 Å². The molecule has 3 aromatic rings. The molecule has 0 atom stereocenters. The van der Waals surface area contributed by atoms with Crippen molar-refractivity contribution in [1.82, 2.24) is 4.98 Å². The van der Waals surface area contributed by atoms with Gasteiger partial charge in [0.05, 0.1) is 24.0 Å². The number of carbonyl (C=O) groups is 1. The van der Waals surface area contributed by atoms with Crippen LogP contribution in [0, 0.1) is 0 Å². The van der Waals surface area contributed by atoms with E-state index in [1.807, 2.05) is 36.4 Å². The van der Waals surface area contributed by atoms with Gasteiger partial charge in [-0.3, -0.25) is 4.79 Å². The molecular formula is C19H16ClN3O2. The molecule has 0 aliphatic rings. The second-order valence-electron chi connectivity index (χ2n) is 5.23. The molecule has 5 nitrogen and oxygen atoms in total. The molecular weight excluding hydrogens is 338 g/mol. The van der Waals surface area contributed by atoms with Crippen LogP contribution in [0.3, 0.4) is 0 Å². The Labute approximate surface area is 150 Å². The van der Waals surface area contributed by atoms with E-state index in [1.165, 1.54) is 0 Å². The summed E-state index contributed by atoms with van der Waals surface area (Å²) in [5.41, 5.74) is 2.61. The van der Waals surface area contributed by atoms with E-state index in [9.17, 15) is 4.79 Å². The standard InChI is InChI=1S/C19H16ClN3O2/c1-25-18-10-8-14(11-16(18)20)22-15-7-9-17(21-12-15)19(24)23-13-5-3-2-4-6-13/h2-12,22H,1H3,(H,23,24). The van der Waals surface area contributed by atoms with E-state index in [1.54, 1.807) is 37.6 Å². The number of benzene rings is 2. The molecule has 0 aliphatic heterocycles. The number of anilines is 3. The fourth-order valence-corrected chi connectivity index (χ4v) is 2.49. The molecule has 1 amide bonds. The Kier molecular flexibility index (Phi) is 5.16. The fourth-order valence-electron chi connectivity index (χ4n) is 2.23. The van der Waals surface area contributed by atoms with Gasteiger partial charge in [-0.05, 0) is 42.5 Å². The zero-order chi connectivity index (χ0) is 17.6. The molecule has 3 rings (SSSR count). The summed E-state index contributed by atoms with van der Waals surface area (Å²) in [6.07, 6.45) is 1.60. The van der Waals surface area contributed by atoms with Gasteiger partial charge in [-0.15, -0.1) is 0 Å². The van der Waals surface area contributed by atoms with E-state index in [0.717, 1.165) is 17.1 Å². The Bertz CT molecular complexity index is 868. The lowest BCUT2D eigenvalue weighted by atomic mass is 10.2. The van der Waals surface area contributed by atoms with Gasteiger partial charge in [-0.25, -0.2) is 4.98 Å². The number of carbonyl (C=O) groups excluding carboxylic acids is 1. The van der Waals surface area contributed by atoms with Gasteiger partial charge < -0.3 is 15.4 Å². The summed E-state index contributed by atoms with van der Waals surface area (Å²) < 4.78 is 5.12. The number of amides is 1. The predicted molar refractivity (Wildman–Crippen MR) is 99.9 cm³/mol. The van der Waals surface area contributed by atoms with E-state index >= 15 is 0 Å². The summed E-state index contributed by atoms with van der Waals surface area (Å²) in [6.45, 7) is 0. The van der Waals surface area contributed by atoms with Gasteiger partial charge in [-0.2, -0.15) is 0 Å². The van der Waals surface area contributed by atoms with E-state index in [-0.39, 0.29) is 5.91 Å². The highest BCUT2D eigenvalue weighted by molar-refractivity contribution is 6.32. The van der Waals surface area contributed by atoms with Crippen molar-refractivity contribution in [2.45, 2.75) is 0 Å². The van der Waals surface area contributed by atoms with Gasteiger partial charge in [0.25, 0.3) is 5.91 Å². The van der Waals surface area contributed by atoms with Crippen molar-refractivity contribution < 1.29 is 9.53 Å². The molecule has 0 fully saturated rings. The number of rotatable bonds is 5. The molecule has 2 aromatic carbocycles. The molecule has 0 saturated carbocycles. The van der Waals surface area contributed by atoms with E-state index in [0.29, 0.717) is 16.5 Å². The third-order valence-electron chi connectivity index (χ3n) is 3.47. The molecule has 2 N–H and O–H groups in total. The second kappa shape index (κ2) is 7.68. The Morgan fingerprint density at radius 2 is 1.76 bits per heavy atom. The molecule has 1 aromatic heterocycles. The van der Waals surface area contributed by atoms with Crippen LogP contribution >= 0.6 is 11.6 Å². The van der Waals surface area contributed by atoms with Crippen LogP contribution in [0.15, 0.2) is 66.9 Å². The highest BCUT2D eigenvalue weighted by atomic mass is 35.5. The topological polar surface area (TPSA) is 63.2 Å². The summed E-state index contributed by atoms with van der Waals surface area (Å²) in [5, 5.41) is 6.49. The van der Waals surface area contributed by atoms with Crippen molar-refractivity contribution in [2.75, 3.05) is 17.7 Å². The van der Waals surface area contributed by atoms with Crippen LogP contribution in [0.2, 0.25) is 5.02 Å². The zero-order valence-corrected chi connectivity index (χ0v) is 14.2. The van der Waals surface area contributed by atoms with Crippen molar-refractivity contribution in [3.05, 3.63) is 77.6 Å². The number of aromatic nitrogens is 1. The van der Waals surface area contributed by atoms with Crippen LogP contribution in [0.5, 0.6) is 5.75 Å². The molecule has 0 saturated heterocycles. The zero-order valence-electron chi connectivity index (χ0n) is 13.5. The van der Waals surface area contributed by atoms with Crippen LogP contribution in [0.1, 0.15) is 10.5 Å². The van der Waals surface area contributed by atoms with Crippen LogP contribution < -0.4 is 15.4 Å². The molecule has 6 heteroatoms. The van der Waals surface area contributed by atoms with Crippen molar-refractivity contribution >= 4 is 34.6 Å². The fraction of sp³-hybridized carbons (Fsp3) is 0.0526. The Morgan fingerprint density at radius 3 is 2.40 bits per heavy atom. The number of hydrogen-bond donors (Lipinski definition) is 2. The molecule has 0 radical (unpaired) electrons. The Balaban J connectivity index is 1.67. The van der Waals surface area contributed by atoms with Crippen LogP contribution in [-0.4, -0.2) is 18.0 Å². The predicted octanol–water partition coefficient (Wildman–Crippen LogP) is 4.74. The van der Waals surface area contributed by atoms with E-state index in [4.69, 9.17) is 16.3 Å². The van der Waals surface area contributed by atoms with Crippen LogP contribution in [-0.2, 0) is 0 Å². The summed E-state index contributed by atoms with van der Waals surface area (Å²) in [4.78, 5) is 16.4. The minimum atomic E-state index is -0.259. The molecule has 0 aliphatic carbocycles. The lowest BCUT2D eigenvalue weighted by molar-refractivity contribution is 0.102. The number of nitrogens with zero attached hydrogens (tertiary/aromatic N) is 1. The van der Waals surface area contributed by atoms with Crippen LogP contribution in [0.4, 0.5) is 17.1 Å². The molecule has 0 bridgehead atoms. The number of pyridine rings is 1. The van der Waals surface area contributed by atoms with Gasteiger partial charge in [0.2, 0.25) is 0 Å². The van der Waals surface area contributed by atoms with Gasteiger partial charge in [-0.1, -0.05) is 29.8 Å². The van der Waals surface area contributed by atoms with Crippen molar-refractivity contribution in [3.8, 4) is 5.75 Å². The lowest BCUT2D eigenvalue weighted by Crippen LogP contribution is -2.13. The Morgan fingerprint density at radius 1 is 1.00 bits per heavy atom. The average Bonchev–Trinajstić information content (AvgIpc) is 2.63. The highest BCUT2D eigenvalue weighted by Crippen LogP contribution is 2.28. The number of methoxy groups -OCH3 is 1. The monoisotopic (exact) mass is 353 g/mol. The molecule has 25 heavy (non-hydrogen) atoms. The molecule has 126 valence electrons. The summed E-state index contributed by atoms with van der Waals surface area (Å²) in [6, 6.07) is 18.1. The minimum absolute atomic E-state index is 0.259. The first-order valence-corrected chi connectivity index (χ1v) is 7.96. The minimum Gasteiger partial charge on any atom is -0.495 e. The van der Waals surface area contributed by atoms with Gasteiger partial charge in [0.1, 0.15) is 11.4 Å².